The van der Waals surface area contributed by atoms with E-state index in [9.17, 15) is 13.6 Å². The fourth-order valence-electron chi connectivity index (χ4n) is 5.64. The summed E-state index contributed by atoms with van der Waals surface area (Å²) in [5, 5.41) is 11.2. The third-order valence-corrected chi connectivity index (χ3v) is 7.61. The van der Waals surface area contributed by atoms with Gasteiger partial charge in [-0.2, -0.15) is 5.10 Å². The van der Waals surface area contributed by atoms with Gasteiger partial charge in [-0.05, 0) is 66.6 Å². The maximum absolute atomic E-state index is 14.6. The standard InChI is InChI=1S/C31H24F2N6O/c1-34-24-16-39-26(28(31(40)35-2)30(37-39)17-6-9-19(32)10-7-17)15-21(24)23-11-8-18-12-13-38-25-5-3-4-22(33)20(25)14-27(38)29(18)36-23/h3-11,14-16,34H,12-13H2,1-2H3,(H,35,40). The van der Waals surface area contributed by atoms with E-state index in [4.69, 9.17) is 10.1 Å². The van der Waals surface area contributed by atoms with Gasteiger partial charge in [0.2, 0.25) is 0 Å². The number of fused-ring (bicyclic) bond motifs is 6. The lowest BCUT2D eigenvalue weighted by atomic mass is 10.0. The van der Waals surface area contributed by atoms with Gasteiger partial charge >= 0.3 is 0 Å². The van der Waals surface area contributed by atoms with E-state index in [0.29, 0.717) is 33.4 Å². The number of benzene rings is 2. The molecule has 6 aromatic rings. The first-order chi connectivity index (χ1) is 19.5. The molecule has 2 aromatic carbocycles. The molecule has 40 heavy (non-hydrogen) atoms. The zero-order valence-corrected chi connectivity index (χ0v) is 21.8. The quantitative estimate of drug-likeness (QED) is 0.294. The van der Waals surface area contributed by atoms with Crippen molar-refractivity contribution in [3.8, 4) is 33.9 Å². The van der Waals surface area contributed by atoms with Crippen LogP contribution in [0.15, 0.2) is 72.9 Å². The van der Waals surface area contributed by atoms with Crippen molar-refractivity contribution in [1.82, 2.24) is 24.5 Å². The van der Waals surface area contributed by atoms with Crippen LogP contribution in [-0.2, 0) is 13.0 Å². The first-order valence-corrected chi connectivity index (χ1v) is 13.0. The Bertz CT molecular complexity index is 1970. The number of aryl methyl sites for hydroxylation is 2. The molecule has 0 aliphatic carbocycles. The van der Waals surface area contributed by atoms with E-state index >= 15 is 0 Å². The van der Waals surface area contributed by atoms with Crippen LogP contribution in [-0.4, -0.2) is 39.2 Å². The number of aromatic nitrogens is 4. The van der Waals surface area contributed by atoms with Crippen LogP contribution in [0.4, 0.5) is 14.5 Å². The van der Waals surface area contributed by atoms with Gasteiger partial charge in [0, 0.05) is 37.2 Å². The molecule has 2 N–H and O–H groups in total. The molecule has 1 aliphatic heterocycles. The second kappa shape index (κ2) is 9.01. The van der Waals surface area contributed by atoms with E-state index in [1.807, 2.05) is 37.5 Å². The Morgan fingerprint density at radius 3 is 2.55 bits per heavy atom. The Kier molecular flexibility index (Phi) is 5.41. The Balaban J connectivity index is 1.43. The molecular weight excluding hydrogens is 510 g/mol. The van der Waals surface area contributed by atoms with E-state index in [-0.39, 0.29) is 17.5 Å². The molecule has 0 saturated carbocycles. The van der Waals surface area contributed by atoms with Gasteiger partial charge < -0.3 is 15.2 Å². The molecule has 5 heterocycles. The van der Waals surface area contributed by atoms with Crippen molar-refractivity contribution >= 4 is 28.0 Å². The SMILES string of the molecule is CNC(=O)c1c(-c2ccc(F)cc2)nn2cc(NC)c(-c3ccc4c(n3)-c3cc5c(F)cccc5n3CC4)cc12. The third kappa shape index (κ3) is 3.58. The van der Waals surface area contributed by atoms with Gasteiger partial charge in [-0.25, -0.2) is 18.3 Å². The summed E-state index contributed by atoms with van der Waals surface area (Å²) >= 11 is 0. The minimum absolute atomic E-state index is 0.251. The van der Waals surface area contributed by atoms with Crippen LogP contribution >= 0.6 is 0 Å². The summed E-state index contributed by atoms with van der Waals surface area (Å²) in [6.07, 6.45) is 2.61. The number of rotatable bonds is 4. The lowest BCUT2D eigenvalue weighted by Crippen LogP contribution is -2.18. The molecule has 0 fully saturated rings. The van der Waals surface area contributed by atoms with Crippen LogP contribution < -0.4 is 10.6 Å². The lowest BCUT2D eigenvalue weighted by molar-refractivity contribution is 0.0965. The monoisotopic (exact) mass is 534 g/mol. The summed E-state index contributed by atoms with van der Waals surface area (Å²) in [6, 6.07) is 18.9. The number of hydrogen-bond acceptors (Lipinski definition) is 4. The highest BCUT2D eigenvalue weighted by atomic mass is 19.1. The number of amides is 1. The van der Waals surface area contributed by atoms with Crippen molar-refractivity contribution in [2.75, 3.05) is 19.4 Å². The first kappa shape index (κ1) is 24.0. The van der Waals surface area contributed by atoms with Crippen molar-refractivity contribution in [2.45, 2.75) is 13.0 Å². The Labute approximate surface area is 228 Å². The number of carbonyl (C=O) groups is 1. The van der Waals surface area contributed by atoms with E-state index < -0.39 is 0 Å². The highest BCUT2D eigenvalue weighted by Crippen LogP contribution is 2.38. The second-order valence-electron chi connectivity index (χ2n) is 9.80. The van der Waals surface area contributed by atoms with Crippen molar-refractivity contribution in [1.29, 1.82) is 0 Å². The Hall–Kier alpha value is -5.05. The summed E-state index contributed by atoms with van der Waals surface area (Å²) in [5.41, 5.74) is 7.94. The van der Waals surface area contributed by atoms with Crippen molar-refractivity contribution < 1.29 is 13.6 Å². The Morgan fingerprint density at radius 2 is 1.77 bits per heavy atom. The molecule has 1 aliphatic rings. The topological polar surface area (TPSA) is 76.2 Å². The molecule has 0 saturated heterocycles. The number of nitrogens with one attached hydrogen (secondary N) is 2. The maximum atomic E-state index is 14.6. The molecule has 0 bridgehead atoms. The molecule has 9 heteroatoms. The highest BCUT2D eigenvalue weighted by Gasteiger charge is 2.25. The summed E-state index contributed by atoms with van der Waals surface area (Å²) in [6.45, 7) is 0.752. The molecule has 1 amide bonds. The fourth-order valence-corrected chi connectivity index (χ4v) is 5.64. The molecule has 0 unspecified atom stereocenters. The van der Waals surface area contributed by atoms with Gasteiger partial charge in [0.05, 0.1) is 45.6 Å². The molecule has 0 radical (unpaired) electrons. The minimum atomic E-state index is -0.367. The van der Waals surface area contributed by atoms with E-state index in [2.05, 4.69) is 21.3 Å². The number of pyridine rings is 2. The smallest absolute Gasteiger partial charge is 0.255 e. The largest absolute Gasteiger partial charge is 0.386 e. The predicted molar refractivity (Wildman–Crippen MR) is 151 cm³/mol. The van der Waals surface area contributed by atoms with Crippen LogP contribution in [0.5, 0.6) is 0 Å². The summed E-state index contributed by atoms with van der Waals surface area (Å²) < 4.78 is 32.0. The number of halogens is 2. The molecule has 7 nitrogen and oxygen atoms in total. The number of anilines is 1. The molecule has 0 atom stereocenters. The molecular formula is C31H24F2N6O. The first-order valence-electron chi connectivity index (χ1n) is 13.0. The normalized spacial score (nSPS) is 12.4. The van der Waals surface area contributed by atoms with Crippen molar-refractivity contribution in [3.63, 3.8) is 0 Å². The van der Waals surface area contributed by atoms with Crippen LogP contribution in [0.25, 0.3) is 50.3 Å². The fraction of sp³-hybridized carbons (Fsp3) is 0.129. The lowest BCUT2D eigenvalue weighted by Gasteiger charge is -2.20. The molecule has 4 aromatic heterocycles. The van der Waals surface area contributed by atoms with Crippen LogP contribution in [0.3, 0.4) is 0 Å². The second-order valence-corrected chi connectivity index (χ2v) is 9.80. The zero-order valence-electron chi connectivity index (χ0n) is 21.8. The van der Waals surface area contributed by atoms with Crippen LogP contribution in [0.2, 0.25) is 0 Å². The van der Waals surface area contributed by atoms with Gasteiger partial charge in [0.15, 0.2) is 0 Å². The van der Waals surface area contributed by atoms with Gasteiger partial charge in [0.1, 0.15) is 17.3 Å². The number of hydrogen-bond donors (Lipinski definition) is 2. The van der Waals surface area contributed by atoms with E-state index in [0.717, 1.165) is 46.7 Å². The minimum Gasteiger partial charge on any atom is -0.386 e. The number of carbonyl (C=O) groups excluding carboxylic acids is 1. The van der Waals surface area contributed by atoms with Gasteiger partial charge in [-0.1, -0.05) is 12.1 Å². The molecule has 7 rings (SSSR count). The zero-order chi connectivity index (χ0) is 27.5. The van der Waals surface area contributed by atoms with Crippen LogP contribution in [0.1, 0.15) is 15.9 Å². The van der Waals surface area contributed by atoms with Crippen molar-refractivity contribution in [2.24, 2.45) is 0 Å². The van der Waals surface area contributed by atoms with Crippen LogP contribution in [0, 0.1) is 11.6 Å². The Morgan fingerprint density at radius 1 is 0.950 bits per heavy atom. The third-order valence-electron chi connectivity index (χ3n) is 7.61. The number of nitrogens with zero attached hydrogens (tertiary/aromatic N) is 4. The average Bonchev–Trinajstić information content (AvgIpc) is 3.55. The maximum Gasteiger partial charge on any atom is 0.255 e. The predicted octanol–water partition coefficient (Wildman–Crippen LogP) is 5.92. The summed E-state index contributed by atoms with van der Waals surface area (Å²) in [4.78, 5) is 18.2. The molecule has 198 valence electrons. The molecule has 0 spiro atoms. The summed E-state index contributed by atoms with van der Waals surface area (Å²) in [7, 11) is 3.38. The van der Waals surface area contributed by atoms with Gasteiger partial charge in [0.25, 0.3) is 5.91 Å². The summed E-state index contributed by atoms with van der Waals surface area (Å²) in [5.74, 6) is -0.920. The van der Waals surface area contributed by atoms with Gasteiger partial charge in [-0.3, -0.25) is 4.79 Å². The van der Waals surface area contributed by atoms with E-state index in [1.54, 1.807) is 29.8 Å². The van der Waals surface area contributed by atoms with E-state index in [1.165, 1.54) is 18.2 Å². The highest BCUT2D eigenvalue weighted by molar-refractivity contribution is 6.07. The van der Waals surface area contributed by atoms with Gasteiger partial charge in [-0.15, -0.1) is 0 Å². The average molecular weight is 535 g/mol. The van der Waals surface area contributed by atoms with Crippen molar-refractivity contribution in [3.05, 3.63) is 95.7 Å².